The number of rotatable bonds is 2. The lowest BCUT2D eigenvalue weighted by Crippen LogP contribution is -2.66. The van der Waals surface area contributed by atoms with E-state index in [9.17, 15) is 9.18 Å². The lowest BCUT2D eigenvalue weighted by atomic mass is 9.91. The molecule has 1 fully saturated rings. The zero-order chi connectivity index (χ0) is 7.78. The van der Waals surface area contributed by atoms with Gasteiger partial charge in [-0.3, -0.25) is 0 Å². The predicted molar refractivity (Wildman–Crippen MR) is 30.4 cm³/mol. The lowest BCUT2D eigenvalue weighted by molar-refractivity contribution is -0.158. The molecule has 1 atom stereocenters. The summed E-state index contributed by atoms with van der Waals surface area (Å²) in [6.45, 7) is 0.0287. The SMILES string of the molecule is O=C(O)C(F)C1(O)CNC1. The molecular formula is C5H8FNO3. The molecule has 1 heterocycles. The summed E-state index contributed by atoms with van der Waals surface area (Å²) in [6, 6.07) is 0. The monoisotopic (exact) mass is 149 g/mol. The second kappa shape index (κ2) is 2.17. The summed E-state index contributed by atoms with van der Waals surface area (Å²) in [5, 5.41) is 19.7. The molecular weight excluding hydrogens is 141 g/mol. The van der Waals surface area contributed by atoms with Crippen molar-refractivity contribution >= 4 is 5.97 Å². The third-order valence-electron chi connectivity index (χ3n) is 1.55. The molecule has 0 amide bonds. The van der Waals surface area contributed by atoms with Crippen LogP contribution in [0.3, 0.4) is 0 Å². The Morgan fingerprint density at radius 1 is 1.70 bits per heavy atom. The van der Waals surface area contributed by atoms with Crippen molar-refractivity contribution in [3.63, 3.8) is 0 Å². The molecule has 4 nitrogen and oxygen atoms in total. The number of hydrogen-bond donors (Lipinski definition) is 3. The molecule has 0 radical (unpaired) electrons. The number of aliphatic hydroxyl groups is 1. The molecule has 1 aliphatic heterocycles. The standard InChI is InChI=1S/C5H8FNO3/c6-3(4(8)9)5(10)1-7-2-5/h3,7,10H,1-2H2,(H,8,9). The van der Waals surface area contributed by atoms with Gasteiger partial charge in [-0.1, -0.05) is 0 Å². The van der Waals surface area contributed by atoms with Gasteiger partial charge in [0.1, 0.15) is 5.60 Å². The molecule has 1 unspecified atom stereocenters. The van der Waals surface area contributed by atoms with Crippen LogP contribution < -0.4 is 5.32 Å². The average Bonchev–Trinajstić information content (AvgIpc) is 1.81. The molecule has 1 saturated heterocycles. The summed E-state index contributed by atoms with van der Waals surface area (Å²) in [5.74, 6) is -1.61. The largest absolute Gasteiger partial charge is 0.479 e. The van der Waals surface area contributed by atoms with Gasteiger partial charge < -0.3 is 15.5 Å². The Hall–Kier alpha value is -0.680. The van der Waals surface area contributed by atoms with E-state index in [1.54, 1.807) is 0 Å². The van der Waals surface area contributed by atoms with Crippen LogP contribution in [0.2, 0.25) is 0 Å². The molecule has 5 heteroatoms. The highest BCUT2D eigenvalue weighted by Crippen LogP contribution is 2.18. The van der Waals surface area contributed by atoms with E-state index in [0.717, 1.165) is 0 Å². The third-order valence-corrected chi connectivity index (χ3v) is 1.55. The fourth-order valence-electron chi connectivity index (χ4n) is 0.790. The van der Waals surface area contributed by atoms with Gasteiger partial charge in [-0.05, 0) is 0 Å². The first-order chi connectivity index (χ1) is 4.56. The molecule has 58 valence electrons. The van der Waals surface area contributed by atoms with Crippen molar-refractivity contribution in [2.24, 2.45) is 0 Å². The first kappa shape index (κ1) is 7.43. The molecule has 0 aromatic carbocycles. The molecule has 0 saturated carbocycles. The van der Waals surface area contributed by atoms with E-state index >= 15 is 0 Å². The maximum atomic E-state index is 12.5. The molecule has 0 aromatic rings. The van der Waals surface area contributed by atoms with Crippen LogP contribution in [0, 0.1) is 0 Å². The number of nitrogens with one attached hydrogen (secondary N) is 1. The van der Waals surface area contributed by atoms with Crippen LogP contribution in [0.4, 0.5) is 4.39 Å². The quantitative estimate of drug-likeness (QED) is 0.458. The molecule has 0 aromatic heterocycles. The zero-order valence-corrected chi connectivity index (χ0v) is 5.17. The summed E-state index contributed by atoms with van der Waals surface area (Å²) in [5.41, 5.74) is -1.67. The molecule has 1 rings (SSSR count). The number of hydrogen-bond acceptors (Lipinski definition) is 3. The lowest BCUT2D eigenvalue weighted by Gasteiger charge is -2.38. The van der Waals surface area contributed by atoms with Crippen molar-refractivity contribution in [1.82, 2.24) is 5.32 Å². The van der Waals surface area contributed by atoms with E-state index in [4.69, 9.17) is 10.2 Å². The van der Waals surface area contributed by atoms with Crippen molar-refractivity contribution < 1.29 is 19.4 Å². The number of β-amino-alcohol motifs (C(OH)–C–C–N with tert-alkyl or cyclic N) is 1. The van der Waals surface area contributed by atoms with Crippen LogP contribution >= 0.6 is 0 Å². The Bertz CT molecular complexity index is 157. The van der Waals surface area contributed by atoms with Crippen LogP contribution in [-0.2, 0) is 4.79 Å². The zero-order valence-electron chi connectivity index (χ0n) is 5.17. The molecule has 0 aliphatic carbocycles. The van der Waals surface area contributed by atoms with Crippen LogP contribution in [0.25, 0.3) is 0 Å². The average molecular weight is 149 g/mol. The minimum absolute atomic E-state index is 0.0144. The molecule has 10 heavy (non-hydrogen) atoms. The number of carbonyl (C=O) groups is 1. The van der Waals surface area contributed by atoms with E-state index < -0.39 is 17.7 Å². The van der Waals surface area contributed by atoms with E-state index in [1.165, 1.54) is 0 Å². The normalized spacial score (nSPS) is 25.0. The summed E-state index contributed by atoms with van der Waals surface area (Å²) < 4.78 is 12.5. The minimum Gasteiger partial charge on any atom is -0.479 e. The number of carboxylic acids is 1. The van der Waals surface area contributed by atoms with Gasteiger partial charge in [0.05, 0.1) is 0 Å². The highest BCUT2D eigenvalue weighted by molar-refractivity contribution is 5.74. The molecule has 0 spiro atoms. The smallest absolute Gasteiger partial charge is 0.341 e. The van der Waals surface area contributed by atoms with Crippen molar-refractivity contribution in [2.75, 3.05) is 13.1 Å². The van der Waals surface area contributed by atoms with E-state index in [2.05, 4.69) is 5.32 Å². The second-order valence-electron chi connectivity index (χ2n) is 2.41. The van der Waals surface area contributed by atoms with E-state index in [1.807, 2.05) is 0 Å². The molecule has 1 aliphatic rings. The first-order valence-corrected chi connectivity index (χ1v) is 2.86. The van der Waals surface area contributed by atoms with Gasteiger partial charge in [0, 0.05) is 13.1 Å². The van der Waals surface area contributed by atoms with Crippen molar-refractivity contribution in [1.29, 1.82) is 0 Å². The summed E-state index contributed by atoms with van der Waals surface area (Å²) in [6.07, 6.45) is -2.17. The van der Waals surface area contributed by atoms with E-state index in [-0.39, 0.29) is 13.1 Å². The number of aliphatic carboxylic acids is 1. The minimum atomic E-state index is -2.17. The van der Waals surface area contributed by atoms with Gasteiger partial charge in [-0.2, -0.15) is 0 Å². The molecule has 3 N–H and O–H groups in total. The van der Waals surface area contributed by atoms with Crippen LogP contribution in [0.15, 0.2) is 0 Å². The van der Waals surface area contributed by atoms with Crippen LogP contribution in [-0.4, -0.2) is 41.0 Å². The van der Waals surface area contributed by atoms with E-state index in [0.29, 0.717) is 0 Å². The first-order valence-electron chi connectivity index (χ1n) is 2.86. The van der Waals surface area contributed by atoms with Crippen molar-refractivity contribution in [3.8, 4) is 0 Å². The second-order valence-corrected chi connectivity index (χ2v) is 2.41. The highest BCUT2D eigenvalue weighted by Gasteiger charge is 2.47. The number of carboxylic acid groups (broad SMARTS) is 1. The fourth-order valence-corrected chi connectivity index (χ4v) is 0.790. The highest BCUT2D eigenvalue weighted by atomic mass is 19.1. The van der Waals surface area contributed by atoms with Gasteiger partial charge in [0.25, 0.3) is 0 Å². The van der Waals surface area contributed by atoms with Gasteiger partial charge >= 0.3 is 5.97 Å². The Balaban J connectivity index is 2.54. The van der Waals surface area contributed by atoms with Gasteiger partial charge in [0.15, 0.2) is 0 Å². The Morgan fingerprint density at radius 2 is 2.20 bits per heavy atom. The fraction of sp³-hybridized carbons (Fsp3) is 0.800. The third kappa shape index (κ3) is 0.975. The Morgan fingerprint density at radius 3 is 2.30 bits per heavy atom. The van der Waals surface area contributed by atoms with Gasteiger partial charge in [0.2, 0.25) is 6.17 Å². The Labute approximate surface area is 56.7 Å². The van der Waals surface area contributed by atoms with Gasteiger partial charge in [-0.25, -0.2) is 9.18 Å². The summed E-state index contributed by atoms with van der Waals surface area (Å²) in [7, 11) is 0. The van der Waals surface area contributed by atoms with Crippen LogP contribution in [0.5, 0.6) is 0 Å². The molecule has 0 bridgehead atoms. The summed E-state index contributed by atoms with van der Waals surface area (Å²) in [4.78, 5) is 9.98. The topological polar surface area (TPSA) is 69.6 Å². The van der Waals surface area contributed by atoms with Crippen molar-refractivity contribution in [3.05, 3.63) is 0 Å². The number of halogens is 1. The Kier molecular flexibility index (Phi) is 1.61. The van der Waals surface area contributed by atoms with Crippen molar-refractivity contribution in [2.45, 2.75) is 11.8 Å². The van der Waals surface area contributed by atoms with Crippen LogP contribution in [0.1, 0.15) is 0 Å². The maximum absolute atomic E-state index is 12.5. The number of alkyl halides is 1. The van der Waals surface area contributed by atoms with Gasteiger partial charge in [-0.15, -0.1) is 0 Å². The summed E-state index contributed by atoms with van der Waals surface area (Å²) >= 11 is 0. The predicted octanol–water partition coefficient (Wildman–Crippen LogP) is -1.26. The maximum Gasteiger partial charge on any atom is 0.341 e.